The topological polar surface area (TPSA) is 50.3 Å². The maximum atomic E-state index is 12.6. The van der Waals surface area contributed by atoms with Crippen LogP contribution in [0.5, 0.6) is 0 Å². The zero-order valence-corrected chi connectivity index (χ0v) is 21.8. The fraction of sp³-hybridized carbons (Fsp3) is 0.920. The van der Waals surface area contributed by atoms with Crippen molar-refractivity contribution < 1.29 is 9.59 Å². The van der Waals surface area contributed by atoms with Gasteiger partial charge in [0.25, 0.3) is 0 Å². The van der Waals surface area contributed by atoms with E-state index in [4.69, 9.17) is 0 Å². The molecule has 0 radical (unpaired) electrons. The molecule has 0 aromatic carbocycles. The molecule has 4 amide bonds. The molecule has 0 saturated carbocycles. The molecule has 1 heterocycles. The van der Waals surface area contributed by atoms with Gasteiger partial charge in [-0.1, -0.05) is 51.9 Å². The van der Waals surface area contributed by atoms with Crippen molar-refractivity contribution in [2.45, 2.75) is 78.6 Å². The highest BCUT2D eigenvalue weighted by molar-refractivity contribution is 5.74. The maximum absolute atomic E-state index is 12.6. The van der Waals surface area contributed by atoms with E-state index >= 15 is 0 Å². The Labute approximate surface area is 198 Å². The van der Waals surface area contributed by atoms with Gasteiger partial charge in [0.15, 0.2) is 0 Å². The van der Waals surface area contributed by atoms with Gasteiger partial charge in [0, 0.05) is 66.5 Å². The van der Waals surface area contributed by atoms with Crippen molar-refractivity contribution in [2.24, 2.45) is 0 Å². The first-order valence-electron chi connectivity index (χ1n) is 13.2. The van der Waals surface area contributed by atoms with Crippen molar-refractivity contribution in [3.8, 4) is 0 Å². The Morgan fingerprint density at radius 2 is 1.19 bits per heavy atom. The van der Waals surface area contributed by atoms with Crippen molar-refractivity contribution in [1.29, 1.82) is 0 Å². The number of unbranched alkanes of at least 4 members (excludes halogenated alkanes) is 7. The van der Waals surface area contributed by atoms with E-state index in [1.54, 1.807) is 0 Å². The predicted octanol–water partition coefficient (Wildman–Crippen LogP) is 4.58. The van der Waals surface area contributed by atoms with Crippen LogP contribution in [0.15, 0.2) is 0 Å². The van der Waals surface area contributed by atoms with E-state index < -0.39 is 0 Å². The number of piperazine rings is 1. The molecule has 0 atom stereocenters. The summed E-state index contributed by atoms with van der Waals surface area (Å²) in [5, 5.41) is 0. The molecule has 0 aromatic heterocycles. The van der Waals surface area contributed by atoms with Gasteiger partial charge in [-0.15, -0.1) is 0 Å². The van der Waals surface area contributed by atoms with E-state index in [0.29, 0.717) is 0 Å². The lowest BCUT2D eigenvalue weighted by Crippen LogP contribution is -2.53. The Balaban J connectivity index is 2.13. The Bertz CT molecular complexity index is 505. The number of carbonyl (C=O) groups is 2. The smallest absolute Gasteiger partial charge is 0.320 e. The van der Waals surface area contributed by atoms with Gasteiger partial charge in [0.05, 0.1) is 0 Å². The molecule has 0 N–H and O–H groups in total. The van der Waals surface area contributed by atoms with Gasteiger partial charge in [-0.3, -0.25) is 4.90 Å². The molecule has 7 nitrogen and oxygen atoms in total. The van der Waals surface area contributed by atoms with E-state index in [1.165, 1.54) is 44.9 Å². The van der Waals surface area contributed by atoms with E-state index in [9.17, 15) is 9.59 Å². The monoisotopic (exact) mass is 453 g/mol. The first kappa shape index (κ1) is 28.5. The molecule has 1 aliphatic rings. The van der Waals surface area contributed by atoms with Crippen molar-refractivity contribution in [3.63, 3.8) is 0 Å². The van der Waals surface area contributed by atoms with Crippen molar-refractivity contribution in [3.05, 3.63) is 0 Å². The molecule has 0 bridgehead atoms. The minimum absolute atomic E-state index is 0.127. The average Bonchev–Trinajstić information content (AvgIpc) is 2.81. The molecule has 0 aliphatic carbocycles. The number of nitrogens with zero attached hydrogens (tertiary/aromatic N) is 5. The Morgan fingerprint density at radius 1 is 0.688 bits per heavy atom. The van der Waals surface area contributed by atoms with Gasteiger partial charge < -0.3 is 19.6 Å². The summed E-state index contributed by atoms with van der Waals surface area (Å²) < 4.78 is 0. The first-order valence-corrected chi connectivity index (χ1v) is 13.2. The molecule has 0 unspecified atom stereocenters. The normalized spacial score (nSPS) is 14.5. The minimum atomic E-state index is 0.127. The Kier molecular flexibility index (Phi) is 15.2. The van der Waals surface area contributed by atoms with E-state index in [-0.39, 0.29) is 12.1 Å². The predicted molar refractivity (Wildman–Crippen MR) is 134 cm³/mol. The SMILES string of the molecule is CCCCCCCCCCN(C)C(=O)N(C)CCCN1CCN(C(=O)N(CC)CC)CC1. The second kappa shape index (κ2) is 17.0. The molecular formula is C25H51N5O2. The lowest BCUT2D eigenvalue weighted by Gasteiger charge is -2.37. The number of hydrogen-bond acceptors (Lipinski definition) is 3. The molecule has 1 fully saturated rings. The third-order valence-corrected chi connectivity index (χ3v) is 6.64. The molecule has 1 saturated heterocycles. The summed E-state index contributed by atoms with van der Waals surface area (Å²) in [6.45, 7) is 13.9. The fourth-order valence-electron chi connectivity index (χ4n) is 4.35. The standard InChI is InChI=1S/C25H51N5O2/c1-6-9-10-11-12-13-14-15-17-26(4)24(31)27(5)18-16-19-28-20-22-30(23-21-28)25(32)29(7-2)8-3/h6-23H2,1-5H3. The van der Waals surface area contributed by atoms with Crippen LogP contribution in [0.4, 0.5) is 9.59 Å². The maximum Gasteiger partial charge on any atom is 0.320 e. The van der Waals surface area contributed by atoms with Crippen LogP contribution in [-0.2, 0) is 0 Å². The van der Waals surface area contributed by atoms with E-state index in [2.05, 4.69) is 11.8 Å². The lowest BCUT2D eigenvalue weighted by atomic mass is 10.1. The highest BCUT2D eigenvalue weighted by Gasteiger charge is 2.23. The van der Waals surface area contributed by atoms with Gasteiger partial charge >= 0.3 is 12.1 Å². The number of urea groups is 2. The first-order chi connectivity index (χ1) is 15.4. The summed E-state index contributed by atoms with van der Waals surface area (Å²) in [4.78, 5) is 35.0. The van der Waals surface area contributed by atoms with Crippen LogP contribution < -0.4 is 0 Å². The summed E-state index contributed by atoms with van der Waals surface area (Å²) in [6.07, 6.45) is 11.3. The zero-order chi connectivity index (χ0) is 23.8. The summed E-state index contributed by atoms with van der Waals surface area (Å²) in [5.41, 5.74) is 0. The third-order valence-electron chi connectivity index (χ3n) is 6.64. The zero-order valence-electron chi connectivity index (χ0n) is 21.8. The number of carbonyl (C=O) groups excluding carboxylic acids is 2. The Hall–Kier alpha value is -1.50. The summed E-state index contributed by atoms with van der Waals surface area (Å²) in [5.74, 6) is 0. The van der Waals surface area contributed by atoms with E-state index in [1.807, 2.05) is 47.5 Å². The van der Waals surface area contributed by atoms with Crippen molar-refractivity contribution in [1.82, 2.24) is 24.5 Å². The van der Waals surface area contributed by atoms with Crippen LogP contribution in [-0.4, -0.2) is 110 Å². The van der Waals surface area contributed by atoms with Crippen LogP contribution in [0.2, 0.25) is 0 Å². The summed E-state index contributed by atoms with van der Waals surface area (Å²) in [6, 6.07) is 0.294. The largest absolute Gasteiger partial charge is 0.328 e. The lowest BCUT2D eigenvalue weighted by molar-refractivity contribution is 0.112. The second-order valence-corrected chi connectivity index (χ2v) is 9.24. The number of rotatable bonds is 15. The Morgan fingerprint density at radius 3 is 1.72 bits per heavy atom. The minimum Gasteiger partial charge on any atom is -0.328 e. The third kappa shape index (κ3) is 10.9. The number of hydrogen-bond donors (Lipinski definition) is 0. The van der Waals surface area contributed by atoms with Crippen LogP contribution in [0.25, 0.3) is 0 Å². The highest BCUT2D eigenvalue weighted by atomic mass is 16.2. The van der Waals surface area contributed by atoms with Crippen LogP contribution in [0.3, 0.4) is 0 Å². The van der Waals surface area contributed by atoms with Gasteiger partial charge in [-0.25, -0.2) is 9.59 Å². The highest BCUT2D eigenvalue weighted by Crippen LogP contribution is 2.10. The molecule has 7 heteroatoms. The molecule has 1 aliphatic heterocycles. The molecule has 188 valence electrons. The van der Waals surface area contributed by atoms with Crippen LogP contribution >= 0.6 is 0 Å². The van der Waals surface area contributed by atoms with Gasteiger partial charge in [0.2, 0.25) is 0 Å². The number of amides is 4. The van der Waals surface area contributed by atoms with Gasteiger partial charge in [0.1, 0.15) is 0 Å². The van der Waals surface area contributed by atoms with Crippen molar-refractivity contribution in [2.75, 3.05) is 73.0 Å². The average molecular weight is 454 g/mol. The molecule has 32 heavy (non-hydrogen) atoms. The van der Waals surface area contributed by atoms with E-state index in [0.717, 1.165) is 71.7 Å². The van der Waals surface area contributed by atoms with Crippen molar-refractivity contribution >= 4 is 12.1 Å². The molecule has 1 rings (SSSR count). The summed E-state index contributed by atoms with van der Waals surface area (Å²) >= 11 is 0. The molecule has 0 aromatic rings. The molecular weight excluding hydrogens is 402 g/mol. The quantitative estimate of drug-likeness (QED) is 0.341. The van der Waals surface area contributed by atoms with Crippen LogP contribution in [0, 0.1) is 0 Å². The van der Waals surface area contributed by atoms with Gasteiger partial charge in [-0.2, -0.15) is 0 Å². The second-order valence-electron chi connectivity index (χ2n) is 9.24. The van der Waals surface area contributed by atoms with Gasteiger partial charge in [-0.05, 0) is 33.2 Å². The fourth-order valence-corrected chi connectivity index (χ4v) is 4.35. The summed E-state index contributed by atoms with van der Waals surface area (Å²) in [7, 11) is 3.83. The molecule has 0 spiro atoms. The van der Waals surface area contributed by atoms with Crippen LogP contribution in [0.1, 0.15) is 78.6 Å².